The van der Waals surface area contributed by atoms with E-state index in [4.69, 9.17) is 23.2 Å². The van der Waals surface area contributed by atoms with Crippen LogP contribution >= 0.6 is 39.1 Å². The third-order valence-electron chi connectivity index (χ3n) is 7.30. The topological polar surface area (TPSA) is 86.8 Å². The van der Waals surface area contributed by atoms with Gasteiger partial charge in [-0.3, -0.25) is 13.9 Å². The van der Waals surface area contributed by atoms with Gasteiger partial charge in [-0.25, -0.2) is 8.42 Å². The first-order valence-corrected chi connectivity index (χ1v) is 17.4. The van der Waals surface area contributed by atoms with E-state index in [1.165, 1.54) is 35.2 Å². The van der Waals surface area contributed by atoms with Crippen LogP contribution in [0.3, 0.4) is 0 Å². The Hall–Kier alpha value is -3.37. The number of halogens is 3. The van der Waals surface area contributed by atoms with E-state index in [1.54, 1.807) is 18.2 Å². The molecule has 2 atom stereocenters. The number of nitrogens with one attached hydrogen (secondary N) is 1. The lowest BCUT2D eigenvalue weighted by molar-refractivity contribution is -0.140. The minimum absolute atomic E-state index is 0.0160. The van der Waals surface area contributed by atoms with E-state index in [-0.39, 0.29) is 40.5 Å². The fraction of sp³-hybridized carbons (Fsp3) is 0.235. The quantitative estimate of drug-likeness (QED) is 0.154. The van der Waals surface area contributed by atoms with Gasteiger partial charge in [0.25, 0.3) is 10.0 Å². The molecule has 4 aromatic rings. The van der Waals surface area contributed by atoms with Crippen molar-refractivity contribution in [3.63, 3.8) is 0 Å². The molecule has 7 nitrogen and oxygen atoms in total. The molecule has 11 heteroatoms. The predicted molar refractivity (Wildman–Crippen MR) is 184 cm³/mol. The Kier molecular flexibility index (Phi) is 12.1. The molecule has 0 fully saturated rings. The molecule has 0 saturated carbocycles. The third-order valence-corrected chi connectivity index (χ3v) is 10.1. The van der Waals surface area contributed by atoms with Crippen molar-refractivity contribution in [2.45, 2.75) is 50.2 Å². The minimum Gasteiger partial charge on any atom is -0.352 e. The molecule has 236 valence electrons. The van der Waals surface area contributed by atoms with Gasteiger partial charge >= 0.3 is 0 Å². The van der Waals surface area contributed by atoms with Gasteiger partial charge in [0.15, 0.2) is 0 Å². The predicted octanol–water partition coefficient (Wildman–Crippen LogP) is 7.51. The smallest absolute Gasteiger partial charge is 0.264 e. The van der Waals surface area contributed by atoms with E-state index in [9.17, 15) is 18.0 Å². The largest absolute Gasteiger partial charge is 0.352 e. The lowest BCUT2D eigenvalue weighted by atomic mass is 10.0. The van der Waals surface area contributed by atoms with E-state index in [1.807, 2.05) is 68.4 Å². The average Bonchev–Trinajstić information content (AvgIpc) is 3.02. The van der Waals surface area contributed by atoms with E-state index in [0.717, 1.165) is 19.9 Å². The van der Waals surface area contributed by atoms with Crippen LogP contribution in [0, 0.1) is 0 Å². The number of hydrogen-bond acceptors (Lipinski definition) is 4. The molecule has 4 rings (SSSR count). The molecule has 0 spiro atoms. The summed E-state index contributed by atoms with van der Waals surface area (Å²) in [5.41, 5.74) is 1.70. The zero-order valence-electron chi connectivity index (χ0n) is 24.9. The molecular weight excluding hydrogens is 697 g/mol. The summed E-state index contributed by atoms with van der Waals surface area (Å²) in [6, 6.07) is 28.0. The van der Waals surface area contributed by atoms with Crippen LogP contribution in [0.2, 0.25) is 10.0 Å². The number of carbonyl (C=O) groups is 2. The maximum atomic E-state index is 14.5. The zero-order valence-corrected chi connectivity index (χ0v) is 28.8. The molecule has 1 N–H and O–H groups in total. The molecule has 45 heavy (non-hydrogen) atoms. The monoisotopic (exact) mass is 729 g/mol. The maximum Gasteiger partial charge on any atom is 0.264 e. The summed E-state index contributed by atoms with van der Waals surface area (Å²) >= 11 is 16.2. The van der Waals surface area contributed by atoms with Crippen LogP contribution in [0.1, 0.15) is 31.4 Å². The second-order valence-electron chi connectivity index (χ2n) is 10.6. The first kappa shape index (κ1) is 34.5. The fourth-order valence-electron chi connectivity index (χ4n) is 4.74. The summed E-state index contributed by atoms with van der Waals surface area (Å²) in [6.07, 6.45) is 0.914. The molecule has 2 amide bonds. The molecular formula is C34H34BrCl2N3O4S. The third kappa shape index (κ3) is 9.10. The van der Waals surface area contributed by atoms with E-state index in [2.05, 4.69) is 21.2 Å². The Morgan fingerprint density at radius 1 is 0.867 bits per heavy atom. The Labute approximate surface area is 283 Å². The zero-order chi connectivity index (χ0) is 32.6. The maximum absolute atomic E-state index is 14.5. The molecule has 0 aromatic heterocycles. The van der Waals surface area contributed by atoms with Gasteiger partial charge in [0.2, 0.25) is 11.8 Å². The lowest BCUT2D eigenvalue weighted by Gasteiger charge is -2.34. The van der Waals surface area contributed by atoms with Crippen LogP contribution in [0.15, 0.2) is 112 Å². The number of nitrogens with zero attached hydrogens (tertiary/aromatic N) is 2. The van der Waals surface area contributed by atoms with Crippen molar-refractivity contribution in [3.05, 3.63) is 129 Å². The van der Waals surface area contributed by atoms with Gasteiger partial charge in [-0.15, -0.1) is 0 Å². The highest BCUT2D eigenvalue weighted by molar-refractivity contribution is 9.10. The number of anilines is 1. The highest BCUT2D eigenvalue weighted by atomic mass is 79.9. The summed E-state index contributed by atoms with van der Waals surface area (Å²) in [6.45, 7) is 3.30. The van der Waals surface area contributed by atoms with Crippen molar-refractivity contribution in [1.82, 2.24) is 10.2 Å². The first-order valence-electron chi connectivity index (χ1n) is 14.4. The van der Waals surface area contributed by atoms with Crippen LogP contribution in [0.25, 0.3) is 0 Å². The Morgan fingerprint density at radius 3 is 2.13 bits per heavy atom. The van der Waals surface area contributed by atoms with Gasteiger partial charge in [0.05, 0.1) is 15.6 Å². The van der Waals surface area contributed by atoms with Crippen LogP contribution in [0.4, 0.5) is 5.69 Å². The molecule has 0 bridgehead atoms. The van der Waals surface area contributed by atoms with Crippen LogP contribution < -0.4 is 9.62 Å². The minimum atomic E-state index is -4.28. The number of carbonyl (C=O) groups excluding carboxylic acids is 2. The van der Waals surface area contributed by atoms with Crippen molar-refractivity contribution in [2.75, 3.05) is 10.8 Å². The van der Waals surface area contributed by atoms with Crippen LogP contribution in [-0.4, -0.2) is 43.8 Å². The van der Waals surface area contributed by atoms with Crippen molar-refractivity contribution >= 4 is 66.7 Å². The summed E-state index contributed by atoms with van der Waals surface area (Å²) in [4.78, 5) is 29.9. The van der Waals surface area contributed by atoms with Gasteiger partial charge in [-0.2, -0.15) is 0 Å². The van der Waals surface area contributed by atoms with Gasteiger partial charge in [-0.1, -0.05) is 107 Å². The van der Waals surface area contributed by atoms with Crippen molar-refractivity contribution in [3.8, 4) is 0 Å². The van der Waals surface area contributed by atoms with Crippen LogP contribution in [-0.2, 0) is 32.6 Å². The molecule has 4 aromatic carbocycles. The van der Waals surface area contributed by atoms with Gasteiger partial charge in [0, 0.05) is 28.5 Å². The first-order chi connectivity index (χ1) is 21.5. The van der Waals surface area contributed by atoms with Gasteiger partial charge in [-0.05, 0) is 66.9 Å². The summed E-state index contributed by atoms with van der Waals surface area (Å²) in [5.74, 6) is -0.917. The van der Waals surface area contributed by atoms with E-state index < -0.39 is 28.5 Å². The molecule has 0 aliphatic carbocycles. The standard InChI is InChI=1S/C34H34BrCl2N3O4S/c1-3-24(2)38-34(42)32(20-25-11-6-4-7-12-25)39(22-26-13-10-14-27(35)19-26)33(41)23-40(31-18-17-28(36)21-30(31)37)45(43,44)29-15-8-5-9-16-29/h4-19,21,24,32H,3,20,22-23H2,1-2H3,(H,38,42)/t24-,32+/m1/s1. The molecule has 0 aliphatic heterocycles. The number of hydrogen-bond donors (Lipinski definition) is 1. The normalized spacial score (nSPS) is 12.6. The number of benzene rings is 4. The average molecular weight is 732 g/mol. The molecule has 0 radical (unpaired) electrons. The fourth-order valence-corrected chi connectivity index (χ4v) is 7.21. The molecule has 0 aliphatic rings. The summed E-state index contributed by atoms with van der Waals surface area (Å²) in [5, 5.41) is 3.40. The van der Waals surface area contributed by atoms with Crippen molar-refractivity contribution in [1.29, 1.82) is 0 Å². The second kappa shape index (κ2) is 15.8. The van der Waals surface area contributed by atoms with E-state index >= 15 is 0 Å². The Bertz CT molecular complexity index is 1730. The number of rotatable bonds is 13. The highest BCUT2D eigenvalue weighted by Crippen LogP contribution is 2.33. The van der Waals surface area contributed by atoms with Crippen LogP contribution in [0.5, 0.6) is 0 Å². The summed E-state index contributed by atoms with van der Waals surface area (Å²) in [7, 11) is -4.28. The van der Waals surface area contributed by atoms with Gasteiger partial charge in [0.1, 0.15) is 12.6 Å². The number of sulfonamides is 1. The van der Waals surface area contributed by atoms with Crippen molar-refractivity contribution in [2.24, 2.45) is 0 Å². The van der Waals surface area contributed by atoms with Crippen molar-refractivity contribution < 1.29 is 18.0 Å². The SMILES string of the molecule is CC[C@@H](C)NC(=O)[C@H](Cc1ccccc1)N(Cc1cccc(Br)c1)C(=O)CN(c1ccc(Cl)cc1Cl)S(=O)(=O)c1ccccc1. The molecule has 0 saturated heterocycles. The van der Waals surface area contributed by atoms with E-state index in [0.29, 0.717) is 11.4 Å². The van der Waals surface area contributed by atoms with Gasteiger partial charge < -0.3 is 10.2 Å². The molecule has 0 heterocycles. The number of amides is 2. The summed E-state index contributed by atoms with van der Waals surface area (Å²) < 4.78 is 30.0. The Balaban J connectivity index is 1.83. The highest BCUT2D eigenvalue weighted by Gasteiger charge is 2.35. The Morgan fingerprint density at radius 2 is 1.51 bits per heavy atom. The lowest BCUT2D eigenvalue weighted by Crippen LogP contribution is -2.54. The molecule has 0 unspecified atom stereocenters. The second-order valence-corrected chi connectivity index (χ2v) is 14.2.